The van der Waals surface area contributed by atoms with Crippen molar-refractivity contribution in [3.63, 3.8) is 0 Å². The smallest absolute Gasteiger partial charge is 0.244 e. The van der Waals surface area contributed by atoms with Crippen molar-refractivity contribution < 1.29 is 9.53 Å². The molecular formula is C22H27NO2. The lowest BCUT2D eigenvalue weighted by atomic mass is 9.93. The van der Waals surface area contributed by atoms with Crippen molar-refractivity contribution in [2.24, 2.45) is 0 Å². The molecule has 0 bridgehead atoms. The number of carbonyl (C=O) groups is 1. The molecule has 0 radical (unpaired) electrons. The number of ether oxygens (including phenoxy) is 1. The van der Waals surface area contributed by atoms with E-state index in [0.717, 1.165) is 28.0 Å². The summed E-state index contributed by atoms with van der Waals surface area (Å²) in [7, 11) is 1.69. The van der Waals surface area contributed by atoms with Crippen molar-refractivity contribution in [3.05, 3.63) is 70.8 Å². The average Bonchev–Trinajstić information content (AvgIpc) is 2.60. The quantitative estimate of drug-likeness (QED) is 0.752. The highest BCUT2D eigenvalue weighted by Crippen LogP contribution is 2.32. The number of methoxy groups -OCH3 is 1. The monoisotopic (exact) mass is 337 g/mol. The Balaban J connectivity index is 2.14. The van der Waals surface area contributed by atoms with Gasteiger partial charge in [-0.2, -0.15) is 0 Å². The molecule has 2 aromatic rings. The van der Waals surface area contributed by atoms with Gasteiger partial charge < -0.3 is 10.1 Å². The van der Waals surface area contributed by atoms with Gasteiger partial charge in [0.15, 0.2) is 0 Å². The van der Waals surface area contributed by atoms with E-state index in [1.165, 1.54) is 0 Å². The van der Waals surface area contributed by atoms with Gasteiger partial charge in [-0.05, 0) is 60.2 Å². The van der Waals surface area contributed by atoms with Crippen LogP contribution in [0.4, 0.5) is 0 Å². The molecule has 1 atom stereocenters. The van der Waals surface area contributed by atoms with Crippen LogP contribution in [0.25, 0.3) is 6.08 Å². The predicted octanol–water partition coefficient (Wildman–Crippen LogP) is 5.02. The summed E-state index contributed by atoms with van der Waals surface area (Å²) in [5.41, 5.74) is 4.39. The Morgan fingerprint density at radius 3 is 2.36 bits per heavy atom. The van der Waals surface area contributed by atoms with Gasteiger partial charge in [0.05, 0.1) is 13.2 Å². The van der Waals surface area contributed by atoms with E-state index in [9.17, 15) is 4.79 Å². The molecule has 0 saturated heterocycles. The van der Waals surface area contributed by atoms with E-state index >= 15 is 0 Å². The van der Waals surface area contributed by atoms with Crippen molar-refractivity contribution in [1.82, 2.24) is 5.32 Å². The van der Waals surface area contributed by atoms with Crippen LogP contribution in [-0.2, 0) is 4.79 Å². The Kier molecular flexibility index (Phi) is 6.40. The molecule has 0 unspecified atom stereocenters. The summed E-state index contributed by atoms with van der Waals surface area (Å²) in [5.74, 6) is 1.16. The fraction of sp³-hybridized carbons (Fsp3) is 0.318. The van der Waals surface area contributed by atoms with Gasteiger partial charge in [0, 0.05) is 6.08 Å². The lowest BCUT2D eigenvalue weighted by Crippen LogP contribution is -2.25. The van der Waals surface area contributed by atoms with Crippen LogP contribution in [0.5, 0.6) is 5.75 Å². The summed E-state index contributed by atoms with van der Waals surface area (Å²) in [5, 5.41) is 3.04. The number of benzene rings is 2. The minimum absolute atomic E-state index is 0.0728. The molecular weight excluding hydrogens is 310 g/mol. The van der Waals surface area contributed by atoms with Crippen molar-refractivity contribution in [2.75, 3.05) is 7.11 Å². The first-order valence-electron chi connectivity index (χ1n) is 8.64. The zero-order valence-corrected chi connectivity index (χ0v) is 15.7. The van der Waals surface area contributed by atoms with Crippen LogP contribution in [-0.4, -0.2) is 13.0 Å². The maximum Gasteiger partial charge on any atom is 0.244 e. The summed E-state index contributed by atoms with van der Waals surface area (Å²) < 4.78 is 5.49. The Morgan fingerprint density at radius 1 is 1.08 bits per heavy atom. The minimum Gasteiger partial charge on any atom is -0.496 e. The van der Waals surface area contributed by atoms with Gasteiger partial charge in [0.1, 0.15) is 5.75 Å². The molecule has 2 rings (SSSR count). The van der Waals surface area contributed by atoms with Crippen molar-refractivity contribution in [1.29, 1.82) is 0 Å². The Hall–Kier alpha value is -2.55. The standard InChI is InChI=1S/C22H27NO2/c1-15(2)19-14-20(16(3)13-21(19)25-5)17(4)23-22(24)12-11-18-9-7-6-8-10-18/h6-15,17H,1-5H3,(H,23,24)/b12-11+/t17-/m1/s1. The molecule has 25 heavy (non-hydrogen) atoms. The number of carbonyl (C=O) groups excluding carboxylic acids is 1. The van der Waals surface area contributed by atoms with Crippen LogP contribution in [0.15, 0.2) is 48.5 Å². The molecule has 3 nitrogen and oxygen atoms in total. The van der Waals surface area contributed by atoms with Gasteiger partial charge in [0.25, 0.3) is 0 Å². The molecule has 0 fully saturated rings. The summed E-state index contributed by atoms with van der Waals surface area (Å²) in [6.07, 6.45) is 3.40. The Morgan fingerprint density at radius 2 is 1.76 bits per heavy atom. The van der Waals surface area contributed by atoms with E-state index in [2.05, 4.69) is 25.2 Å². The Labute approximate surface area is 150 Å². The van der Waals surface area contributed by atoms with Crippen LogP contribution in [0, 0.1) is 6.92 Å². The average molecular weight is 337 g/mol. The SMILES string of the molecule is COc1cc(C)c([C@@H](C)NC(=O)/C=C/c2ccccc2)cc1C(C)C. The van der Waals surface area contributed by atoms with Crippen LogP contribution >= 0.6 is 0 Å². The van der Waals surface area contributed by atoms with Gasteiger partial charge in [0.2, 0.25) is 5.91 Å². The molecule has 0 aliphatic carbocycles. The predicted molar refractivity (Wildman–Crippen MR) is 104 cm³/mol. The molecule has 2 aromatic carbocycles. The third kappa shape index (κ3) is 4.96. The van der Waals surface area contributed by atoms with E-state index in [1.807, 2.05) is 56.3 Å². The molecule has 0 aromatic heterocycles. The summed E-state index contributed by atoms with van der Waals surface area (Å²) in [4.78, 5) is 12.2. The van der Waals surface area contributed by atoms with Crippen molar-refractivity contribution in [2.45, 2.75) is 39.7 Å². The largest absolute Gasteiger partial charge is 0.496 e. The van der Waals surface area contributed by atoms with Gasteiger partial charge in [-0.15, -0.1) is 0 Å². The number of nitrogens with one attached hydrogen (secondary N) is 1. The van der Waals surface area contributed by atoms with Gasteiger partial charge in [-0.1, -0.05) is 44.2 Å². The van der Waals surface area contributed by atoms with Crippen LogP contribution in [0.3, 0.4) is 0 Å². The van der Waals surface area contributed by atoms with E-state index in [-0.39, 0.29) is 11.9 Å². The second-order valence-electron chi connectivity index (χ2n) is 6.58. The zero-order chi connectivity index (χ0) is 18.4. The van der Waals surface area contributed by atoms with Gasteiger partial charge >= 0.3 is 0 Å². The third-order valence-corrected chi connectivity index (χ3v) is 4.29. The molecule has 0 aliphatic rings. The highest BCUT2D eigenvalue weighted by atomic mass is 16.5. The molecule has 1 N–H and O–H groups in total. The lowest BCUT2D eigenvalue weighted by Gasteiger charge is -2.20. The Bertz CT molecular complexity index is 748. The fourth-order valence-corrected chi connectivity index (χ4v) is 2.89. The molecule has 3 heteroatoms. The normalized spacial score (nSPS) is 12.4. The number of amides is 1. The summed E-state index contributed by atoms with van der Waals surface area (Å²) in [6, 6.07) is 13.9. The van der Waals surface area contributed by atoms with E-state index in [4.69, 9.17) is 4.74 Å². The van der Waals surface area contributed by atoms with Gasteiger partial charge in [-0.3, -0.25) is 4.79 Å². The van der Waals surface area contributed by atoms with Crippen LogP contribution in [0.2, 0.25) is 0 Å². The van der Waals surface area contributed by atoms with Crippen molar-refractivity contribution >= 4 is 12.0 Å². The highest BCUT2D eigenvalue weighted by molar-refractivity contribution is 5.92. The van der Waals surface area contributed by atoms with E-state index in [1.54, 1.807) is 13.2 Å². The number of rotatable bonds is 6. The first-order chi connectivity index (χ1) is 11.9. The van der Waals surface area contributed by atoms with E-state index in [0.29, 0.717) is 5.92 Å². The first-order valence-corrected chi connectivity index (χ1v) is 8.64. The van der Waals surface area contributed by atoms with Crippen LogP contribution in [0.1, 0.15) is 55.0 Å². The van der Waals surface area contributed by atoms with Crippen LogP contribution < -0.4 is 10.1 Å². The molecule has 132 valence electrons. The zero-order valence-electron chi connectivity index (χ0n) is 15.7. The maximum absolute atomic E-state index is 12.2. The first kappa shape index (κ1) is 18.8. The molecule has 0 heterocycles. The summed E-state index contributed by atoms with van der Waals surface area (Å²) >= 11 is 0. The second-order valence-corrected chi connectivity index (χ2v) is 6.58. The van der Waals surface area contributed by atoms with Crippen molar-refractivity contribution in [3.8, 4) is 5.75 Å². The number of aryl methyl sites for hydroxylation is 1. The molecule has 0 aliphatic heterocycles. The second kappa shape index (κ2) is 8.52. The lowest BCUT2D eigenvalue weighted by molar-refractivity contribution is -0.117. The fourth-order valence-electron chi connectivity index (χ4n) is 2.89. The topological polar surface area (TPSA) is 38.3 Å². The number of hydrogen-bond acceptors (Lipinski definition) is 2. The van der Waals surface area contributed by atoms with Gasteiger partial charge in [-0.25, -0.2) is 0 Å². The molecule has 0 saturated carbocycles. The summed E-state index contributed by atoms with van der Waals surface area (Å²) in [6.45, 7) is 8.34. The number of hydrogen-bond donors (Lipinski definition) is 1. The highest BCUT2D eigenvalue weighted by Gasteiger charge is 2.16. The minimum atomic E-state index is -0.0994. The van der Waals surface area contributed by atoms with E-state index < -0.39 is 0 Å². The maximum atomic E-state index is 12.2. The third-order valence-electron chi connectivity index (χ3n) is 4.29. The molecule has 1 amide bonds. The molecule has 0 spiro atoms.